The summed E-state index contributed by atoms with van der Waals surface area (Å²) in [7, 11) is 3.30. The molecule has 0 radical (unpaired) electrons. The van der Waals surface area contributed by atoms with Gasteiger partial charge in [0.15, 0.2) is 5.96 Å². The number of halogens is 2. The standard InChI is InChI=1S/C23H30ClN5O2.HI/c1-4-26-23(27-14-16-6-5-7-17(12-16)22(30)25-2)28-19-10-11-29(15-19)20-13-18(24)8-9-21(20)31-3;/h5-9,12-13,19H,4,10-11,14-15H2,1-3H3,(H,25,30)(H2,26,27,28);1H. The fourth-order valence-electron chi connectivity index (χ4n) is 3.65. The van der Waals surface area contributed by atoms with E-state index in [1.807, 2.05) is 43.3 Å². The van der Waals surface area contributed by atoms with E-state index >= 15 is 0 Å². The minimum Gasteiger partial charge on any atom is -0.495 e. The van der Waals surface area contributed by atoms with Gasteiger partial charge in [0.2, 0.25) is 0 Å². The van der Waals surface area contributed by atoms with E-state index in [2.05, 4.69) is 20.9 Å². The lowest BCUT2D eigenvalue weighted by atomic mass is 10.1. The number of carbonyl (C=O) groups excluding carboxylic acids is 1. The van der Waals surface area contributed by atoms with Crippen LogP contribution in [0.2, 0.25) is 5.02 Å². The number of rotatable bonds is 7. The molecule has 0 spiro atoms. The van der Waals surface area contributed by atoms with Gasteiger partial charge < -0.3 is 25.6 Å². The van der Waals surface area contributed by atoms with Crippen molar-refractivity contribution in [3.05, 3.63) is 58.6 Å². The highest BCUT2D eigenvalue weighted by atomic mass is 127. The van der Waals surface area contributed by atoms with Crippen LogP contribution in [0.15, 0.2) is 47.5 Å². The van der Waals surface area contributed by atoms with Gasteiger partial charge in [-0.3, -0.25) is 4.79 Å². The molecule has 1 aliphatic rings. The van der Waals surface area contributed by atoms with Gasteiger partial charge in [0.1, 0.15) is 5.75 Å². The number of benzene rings is 2. The largest absolute Gasteiger partial charge is 0.495 e. The normalized spacial score (nSPS) is 15.7. The third-order valence-electron chi connectivity index (χ3n) is 5.19. The van der Waals surface area contributed by atoms with Crippen LogP contribution in [0.1, 0.15) is 29.3 Å². The summed E-state index contributed by atoms with van der Waals surface area (Å²) in [5.74, 6) is 1.48. The van der Waals surface area contributed by atoms with E-state index in [0.29, 0.717) is 17.1 Å². The molecule has 1 fully saturated rings. The summed E-state index contributed by atoms with van der Waals surface area (Å²) in [4.78, 5) is 18.9. The Bertz CT molecular complexity index is 940. The summed E-state index contributed by atoms with van der Waals surface area (Å²) in [6.07, 6.45) is 0.978. The van der Waals surface area contributed by atoms with Crippen molar-refractivity contribution >= 4 is 53.1 Å². The fourth-order valence-corrected chi connectivity index (χ4v) is 3.81. The number of ether oxygens (including phenoxy) is 1. The number of anilines is 1. The molecule has 1 unspecified atom stereocenters. The highest BCUT2D eigenvalue weighted by Gasteiger charge is 2.25. The molecule has 0 aromatic heterocycles. The number of aliphatic imine (C=N–C) groups is 1. The zero-order valence-electron chi connectivity index (χ0n) is 18.7. The minimum absolute atomic E-state index is 0. The molecule has 9 heteroatoms. The summed E-state index contributed by atoms with van der Waals surface area (Å²) in [5, 5.41) is 10.2. The lowest BCUT2D eigenvalue weighted by molar-refractivity contribution is 0.0963. The third kappa shape index (κ3) is 6.90. The molecule has 2 aromatic carbocycles. The Morgan fingerprint density at radius 3 is 2.81 bits per heavy atom. The molecule has 174 valence electrons. The quantitative estimate of drug-likeness (QED) is 0.269. The van der Waals surface area contributed by atoms with Crippen molar-refractivity contribution in [2.24, 2.45) is 4.99 Å². The summed E-state index contributed by atoms with van der Waals surface area (Å²) < 4.78 is 5.50. The van der Waals surface area contributed by atoms with Gasteiger partial charge in [-0.05, 0) is 49.2 Å². The molecule has 0 saturated carbocycles. The molecule has 0 aliphatic carbocycles. The smallest absolute Gasteiger partial charge is 0.251 e. The lowest BCUT2D eigenvalue weighted by Gasteiger charge is -2.22. The average Bonchev–Trinajstić information content (AvgIpc) is 3.25. The average molecular weight is 572 g/mol. The fraction of sp³-hybridized carbons (Fsp3) is 0.391. The monoisotopic (exact) mass is 571 g/mol. The summed E-state index contributed by atoms with van der Waals surface area (Å²) in [6.45, 7) is 5.03. The number of hydrogen-bond acceptors (Lipinski definition) is 4. The van der Waals surface area contributed by atoms with Crippen molar-refractivity contribution in [3.8, 4) is 5.75 Å². The Morgan fingerprint density at radius 2 is 2.09 bits per heavy atom. The number of nitrogens with one attached hydrogen (secondary N) is 3. The van der Waals surface area contributed by atoms with Crippen molar-refractivity contribution in [2.75, 3.05) is 38.7 Å². The first-order valence-electron chi connectivity index (χ1n) is 10.5. The van der Waals surface area contributed by atoms with Crippen LogP contribution >= 0.6 is 35.6 Å². The lowest BCUT2D eigenvalue weighted by Crippen LogP contribution is -2.44. The van der Waals surface area contributed by atoms with Crippen molar-refractivity contribution < 1.29 is 9.53 Å². The minimum atomic E-state index is -0.0987. The molecular weight excluding hydrogens is 541 g/mol. The van der Waals surface area contributed by atoms with Gasteiger partial charge >= 0.3 is 0 Å². The second-order valence-corrected chi connectivity index (χ2v) is 7.80. The molecule has 2 aromatic rings. The Hall–Kier alpha value is -2.20. The second kappa shape index (κ2) is 12.7. The first kappa shape index (κ1) is 26.1. The van der Waals surface area contributed by atoms with E-state index in [0.717, 1.165) is 49.0 Å². The number of methoxy groups -OCH3 is 1. The van der Waals surface area contributed by atoms with Gasteiger partial charge in [0, 0.05) is 43.3 Å². The van der Waals surface area contributed by atoms with Gasteiger partial charge in [-0.1, -0.05) is 23.7 Å². The summed E-state index contributed by atoms with van der Waals surface area (Å²) >= 11 is 6.20. The van der Waals surface area contributed by atoms with E-state index < -0.39 is 0 Å². The Balaban J connectivity index is 0.00000363. The van der Waals surface area contributed by atoms with Crippen molar-refractivity contribution in [1.29, 1.82) is 0 Å². The van der Waals surface area contributed by atoms with Gasteiger partial charge in [0.05, 0.1) is 19.3 Å². The van der Waals surface area contributed by atoms with Crippen molar-refractivity contribution in [3.63, 3.8) is 0 Å². The van der Waals surface area contributed by atoms with Crippen molar-refractivity contribution in [1.82, 2.24) is 16.0 Å². The first-order chi connectivity index (χ1) is 15.0. The first-order valence-corrected chi connectivity index (χ1v) is 10.9. The number of nitrogens with zero attached hydrogens (tertiary/aromatic N) is 2. The summed E-state index contributed by atoms with van der Waals surface area (Å²) in [5.41, 5.74) is 2.62. The Kier molecular flexibility index (Phi) is 10.4. The molecule has 1 atom stereocenters. The van der Waals surface area contributed by atoms with Crippen LogP contribution < -0.4 is 25.6 Å². The highest BCUT2D eigenvalue weighted by Crippen LogP contribution is 2.33. The molecule has 3 N–H and O–H groups in total. The van der Waals surface area contributed by atoms with E-state index in [-0.39, 0.29) is 35.9 Å². The molecule has 1 amide bonds. The maximum absolute atomic E-state index is 11.9. The SMILES string of the molecule is CCNC(=NCc1cccc(C(=O)NC)c1)NC1CCN(c2cc(Cl)ccc2OC)C1.I. The van der Waals surface area contributed by atoms with Crippen LogP contribution in [-0.2, 0) is 6.54 Å². The van der Waals surface area contributed by atoms with Gasteiger partial charge in [0.25, 0.3) is 5.91 Å². The number of hydrogen-bond donors (Lipinski definition) is 3. The second-order valence-electron chi connectivity index (χ2n) is 7.37. The van der Waals surface area contributed by atoms with Gasteiger partial charge in [-0.2, -0.15) is 0 Å². The van der Waals surface area contributed by atoms with Crippen LogP contribution in [0.3, 0.4) is 0 Å². The maximum Gasteiger partial charge on any atom is 0.251 e. The van der Waals surface area contributed by atoms with E-state index in [4.69, 9.17) is 21.3 Å². The van der Waals surface area contributed by atoms with Crippen LogP contribution in [-0.4, -0.2) is 51.7 Å². The molecule has 0 bridgehead atoms. The third-order valence-corrected chi connectivity index (χ3v) is 5.43. The Morgan fingerprint density at radius 1 is 1.28 bits per heavy atom. The molecule has 1 heterocycles. The summed E-state index contributed by atoms with van der Waals surface area (Å²) in [6, 6.07) is 13.5. The van der Waals surface area contributed by atoms with E-state index in [9.17, 15) is 4.79 Å². The molecule has 32 heavy (non-hydrogen) atoms. The molecule has 1 saturated heterocycles. The van der Waals surface area contributed by atoms with E-state index in [1.165, 1.54) is 0 Å². The Labute approximate surface area is 212 Å². The van der Waals surface area contributed by atoms with Crippen LogP contribution in [0, 0.1) is 0 Å². The number of carbonyl (C=O) groups is 1. The van der Waals surface area contributed by atoms with Gasteiger partial charge in [-0.15, -0.1) is 24.0 Å². The highest BCUT2D eigenvalue weighted by molar-refractivity contribution is 14.0. The van der Waals surface area contributed by atoms with Crippen molar-refractivity contribution in [2.45, 2.75) is 25.9 Å². The molecule has 7 nitrogen and oxygen atoms in total. The zero-order valence-corrected chi connectivity index (χ0v) is 21.7. The van der Waals surface area contributed by atoms with Crippen LogP contribution in [0.5, 0.6) is 5.75 Å². The van der Waals surface area contributed by atoms with E-state index in [1.54, 1.807) is 20.2 Å². The predicted octanol–water partition coefficient (Wildman–Crippen LogP) is 3.66. The number of amides is 1. The molecule has 3 rings (SSSR count). The molecular formula is C23H31ClIN5O2. The maximum atomic E-state index is 11.9. The topological polar surface area (TPSA) is 78.0 Å². The van der Waals surface area contributed by atoms with Crippen LogP contribution in [0.4, 0.5) is 5.69 Å². The molecule has 1 aliphatic heterocycles. The van der Waals surface area contributed by atoms with Gasteiger partial charge in [-0.25, -0.2) is 4.99 Å². The zero-order chi connectivity index (χ0) is 22.2. The number of guanidine groups is 1. The van der Waals surface area contributed by atoms with Crippen LogP contribution in [0.25, 0.3) is 0 Å². The predicted molar refractivity (Wildman–Crippen MR) is 142 cm³/mol.